The summed E-state index contributed by atoms with van der Waals surface area (Å²) in [6.07, 6.45) is 0. The number of nitrogens with zero attached hydrogens (tertiary/aromatic N) is 1. The highest BCUT2D eigenvalue weighted by atomic mass is 32.2. The van der Waals surface area contributed by atoms with Gasteiger partial charge in [-0.25, -0.2) is 8.42 Å². The molecule has 0 radical (unpaired) electrons. The third-order valence-electron chi connectivity index (χ3n) is 6.04. The lowest BCUT2D eigenvalue weighted by Crippen LogP contribution is -2.39. The van der Waals surface area contributed by atoms with Gasteiger partial charge in [0.05, 0.1) is 39.2 Å². The molecule has 1 amide bonds. The monoisotopic (exact) mass is 508 g/mol. The number of sulfonamides is 1. The molecular formula is C27H28N2O6S. The maximum atomic E-state index is 14.0. The number of rotatable bonds is 7. The molecule has 0 saturated carbocycles. The number of amides is 1. The average Bonchev–Trinajstić information content (AvgIpc) is 2.86. The zero-order chi connectivity index (χ0) is 26.0. The summed E-state index contributed by atoms with van der Waals surface area (Å²) in [7, 11) is 0.219. The Balaban J connectivity index is 1.89. The van der Waals surface area contributed by atoms with Crippen molar-refractivity contribution in [3.8, 4) is 17.2 Å². The van der Waals surface area contributed by atoms with Crippen LogP contribution in [0.3, 0.4) is 0 Å². The summed E-state index contributed by atoms with van der Waals surface area (Å²) in [4.78, 5) is 13.2. The molecule has 0 spiro atoms. The van der Waals surface area contributed by atoms with Gasteiger partial charge in [-0.2, -0.15) is 0 Å². The van der Waals surface area contributed by atoms with E-state index in [0.29, 0.717) is 39.8 Å². The van der Waals surface area contributed by atoms with Crippen molar-refractivity contribution >= 4 is 32.9 Å². The number of carbonyl (C=O) groups is 1. The van der Waals surface area contributed by atoms with E-state index in [1.807, 2.05) is 43.3 Å². The molecule has 0 bridgehead atoms. The standard InChI is InChI=1S/C27H28N2O6S/c1-17-11-12-23(33-3)21(13-17)28-27(30)26-18(2)20-14-24(34-4)25(35-5)15-22(20)29(36(26,31)32)16-19-9-7-6-8-10-19/h6-15H,16H2,1-5H3,(H,28,30). The number of benzene rings is 3. The summed E-state index contributed by atoms with van der Waals surface area (Å²) in [6.45, 7) is 3.52. The van der Waals surface area contributed by atoms with Gasteiger partial charge in [0.2, 0.25) is 0 Å². The first-order valence-electron chi connectivity index (χ1n) is 11.2. The summed E-state index contributed by atoms with van der Waals surface area (Å²) in [5, 5.41) is 2.74. The average molecular weight is 509 g/mol. The molecule has 0 aliphatic carbocycles. The Bertz CT molecular complexity index is 1450. The van der Waals surface area contributed by atoms with Gasteiger partial charge in [-0.1, -0.05) is 36.4 Å². The molecular weight excluding hydrogens is 480 g/mol. The lowest BCUT2D eigenvalue weighted by molar-refractivity contribution is -0.112. The lowest BCUT2D eigenvalue weighted by Gasteiger charge is -2.33. The van der Waals surface area contributed by atoms with E-state index in [1.54, 1.807) is 31.2 Å². The van der Waals surface area contributed by atoms with Crippen LogP contribution in [-0.2, 0) is 21.4 Å². The molecule has 3 aromatic carbocycles. The topological polar surface area (TPSA) is 94.2 Å². The van der Waals surface area contributed by atoms with Gasteiger partial charge in [0.25, 0.3) is 15.9 Å². The van der Waals surface area contributed by atoms with E-state index in [0.717, 1.165) is 11.1 Å². The molecule has 0 unspecified atom stereocenters. The molecule has 0 aromatic heterocycles. The predicted molar refractivity (Wildman–Crippen MR) is 140 cm³/mol. The Morgan fingerprint density at radius 1 is 0.861 bits per heavy atom. The summed E-state index contributed by atoms with van der Waals surface area (Å²) in [5.41, 5.74) is 3.29. The van der Waals surface area contributed by atoms with E-state index in [1.165, 1.54) is 25.6 Å². The molecule has 9 heteroatoms. The Morgan fingerprint density at radius 2 is 1.50 bits per heavy atom. The number of allylic oxidation sites excluding steroid dienone is 1. The molecule has 1 aliphatic rings. The number of nitrogens with one attached hydrogen (secondary N) is 1. The van der Waals surface area contributed by atoms with Crippen molar-refractivity contribution in [2.24, 2.45) is 0 Å². The Morgan fingerprint density at radius 3 is 2.14 bits per heavy atom. The minimum absolute atomic E-state index is 0.0312. The van der Waals surface area contributed by atoms with Crippen LogP contribution in [0.5, 0.6) is 17.2 Å². The number of hydrogen-bond donors (Lipinski definition) is 1. The highest BCUT2D eigenvalue weighted by molar-refractivity contribution is 7.97. The molecule has 4 rings (SSSR count). The van der Waals surface area contributed by atoms with Crippen LogP contribution in [-0.4, -0.2) is 35.7 Å². The summed E-state index contributed by atoms with van der Waals surface area (Å²) >= 11 is 0. The minimum Gasteiger partial charge on any atom is -0.495 e. The van der Waals surface area contributed by atoms with Gasteiger partial charge in [-0.05, 0) is 48.7 Å². The Hall–Kier alpha value is -3.98. The molecule has 0 atom stereocenters. The predicted octanol–water partition coefficient (Wildman–Crippen LogP) is 4.74. The van der Waals surface area contributed by atoms with Crippen LogP contribution < -0.4 is 23.8 Å². The zero-order valence-electron chi connectivity index (χ0n) is 20.8. The fourth-order valence-electron chi connectivity index (χ4n) is 4.24. The maximum absolute atomic E-state index is 14.0. The first-order chi connectivity index (χ1) is 17.2. The van der Waals surface area contributed by atoms with E-state index in [9.17, 15) is 13.2 Å². The second kappa shape index (κ2) is 9.94. The van der Waals surface area contributed by atoms with Crippen molar-refractivity contribution in [3.63, 3.8) is 0 Å². The number of anilines is 2. The van der Waals surface area contributed by atoms with Crippen LogP contribution >= 0.6 is 0 Å². The number of fused-ring (bicyclic) bond motifs is 1. The van der Waals surface area contributed by atoms with Crippen molar-refractivity contribution in [2.75, 3.05) is 31.0 Å². The number of aryl methyl sites for hydroxylation is 1. The third-order valence-corrected chi connectivity index (χ3v) is 7.96. The SMILES string of the molecule is COc1ccc(C)cc1NC(=O)C1=C(C)c2cc(OC)c(OC)cc2N(Cc2ccccc2)S1(=O)=O. The van der Waals surface area contributed by atoms with E-state index >= 15 is 0 Å². The van der Waals surface area contributed by atoms with Crippen LogP contribution in [0.4, 0.5) is 11.4 Å². The summed E-state index contributed by atoms with van der Waals surface area (Å²) in [6, 6.07) is 17.8. The van der Waals surface area contributed by atoms with Gasteiger partial charge in [0.15, 0.2) is 16.4 Å². The molecule has 1 aliphatic heterocycles. The van der Waals surface area contributed by atoms with Crippen LogP contribution in [0.15, 0.2) is 65.6 Å². The van der Waals surface area contributed by atoms with E-state index < -0.39 is 15.9 Å². The third kappa shape index (κ3) is 4.49. The van der Waals surface area contributed by atoms with Crippen LogP contribution in [0, 0.1) is 6.92 Å². The summed E-state index contributed by atoms with van der Waals surface area (Å²) < 4.78 is 45.5. The van der Waals surface area contributed by atoms with Crippen molar-refractivity contribution in [1.82, 2.24) is 0 Å². The fourth-order valence-corrected chi connectivity index (χ4v) is 5.97. The molecule has 8 nitrogen and oxygen atoms in total. The number of ether oxygens (including phenoxy) is 3. The molecule has 0 saturated heterocycles. The highest BCUT2D eigenvalue weighted by Gasteiger charge is 2.40. The zero-order valence-corrected chi connectivity index (χ0v) is 21.6. The lowest BCUT2D eigenvalue weighted by atomic mass is 10.0. The second-order valence-corrected chi connectivity index (χ2v) is 10.1. The number of hydrogen-bond acceptors (Lipinski definition) is 6. The Labute approximate surface area is 211 Å². The summed E-state index contributed by atoms with van der Waals surface area (Å²) in [5.74, 6) is 0.479. The quantitative estimate of drug-likeness (QED) is 0.496. The van der Waals surface area contributed by atoms with Crippen LogP contribution in [0.2, 0.25) is 0 Å². The molecule has 36 heavy (non-hydrogen) atoms. The first-order valence-corrected chi connectivity index (χ1v) is 12.6. The molecule has 3 aromatic rings. The van der Waals surface area contributed by atoms with Gasteiger partial charge in [0, 0.05) is 11.6 Å². The van der Waals surface area contributed by atoms with E-state index in [4.69, 9.17) is 14.2 Å². The van der Waals surface area contributed by atoms with Gasteiger partial charge in [0.1, 0.15) is 5.75 Å². The Kier molecular flexibility index (Phi) is 6.94. The first kappa shape index (κ1) is 25.1. The van der Waals surface area contributed by atoms with Crippen molar-refractivity contribution < 1.29 is 27.4 Å². The maximum Gasteiger partial charge on any atom is 0.270 e. The molecule has 1 N–H and O–H groups in total. The van der Waals surface area contributed by atoms with Gasteiger partial charge < -0.3 is 19.5 Å². The normalized spacial score (nSPS) is 14.2. The highest BCUT2D eigenvalue weighted by Crippen LogP contribution is 2.45. The number of methoxy groups -OCH3 is 3. The van der Waals surface area contributed by atoms with Crippen molar-refractivity contribution in [1.29, 1.82) is 0 Å². The largest absolute Gasteiger partial charge is 0.495 e. The van der Waals surface area contributed by atoms with Gasteiger partial charge in [-0.15, -0.1) is 0 Å². The van der Waals surface area contributed by atoms with Crippen LogP contribution in [0.25, 0.3) is 5.57 Å². The minimum atomic E-state index is -4.25. The van der Waals surface area contributed by atoms with Gasteiger partial charge >= 0.3 is 0 Å². The molecule has 1 heterocycles. The smallest absolute Gasteiger partial charge is 0.270 e. The van der Waals surface area contributed by atoms with Crippen molar-refractivity contribution in [3.05, 3.63) is 82.3 Å². The van der Waals surface area contributed by atoms with Crippen LogP contribution in [0.1, 0.15) is 23.6 Å². The van der Waals surface area contributed by atoms with E-state index in [2.05, 4.69) is 5.32 Å². The number of carbonyl (C=O) groups excluding carboxylic acids is 1. The fraction of sp³-hybridized carbons (Fsp3) is 0.222. The second-order valence-electron chi connectivity index (χ2n) is 8.33. The van der Waals surface area contributed by atoms with E-state index in [-0.39, 0.29) is 11.4 Å². The van der Waals surface area contributed by atoms with Gasteiger partial charge in [-0.3, -0.25) is 9.10 Å². The molecule has 188 valence electrons. The van der Waals surface area contributed by atoms with Crippen molar-refractivity contribution in [2.45, 2.75) is 20.4 Å². The molecule has 0 fully saturated rings.